The van der Waals surface area contributed by atoms with Crippen molar-refractivity contribution in [1.82, 2.24) is 5.32 Å². The van der Waals surface area contributed by atoms with Gasteiger partial charge < -0.3 is 19.5 Å². The summed E-state index contributed by atoms with van der Waals surface area (Å²) < 4.78 is 16.4. The van der Waals surface area contributed by atoms with E-state index in [-0.39, 0.29) is 12.7 Å². The van der Waals surface area contributed by atoms with Gasteiger partial charge in [-0.1, -0.05) is 25.7 Å². The molecule has 0 saturated carbocycles. The van der Waals surface area contributed by atoms with Crippen LogP contribution in [-0.2, 0) is 16.0 Å². The molecule has 0 aliphatic rings. The Morgan fingerprint density at radius 1 is 1.23 bits per heavy atom. The number of hydrogen-bond donors (Lipinski definition) is 1. The number of carbonyl (C=O) groups excluding carboxylic acids is 1. The van der Waals surface area contributed by atoms with Gasteiger partial charge in [0.05, 0.1) is 13.5 Å². The molecule has 0 saturated heterocycles. The van der Waals surface area contributed by atoms with E-state index in [1.165, 1.54) is 0 Å². The van der Waals surface area contributed by atoms with Gasteiger partial charge in [0.15, 0.2) is 18.3 Å². The average molecular weight is 325 g/mol. The molecule has 1 aromatic rings. The van der Waals surface area contributed by atoms with Crippen LogP contribution in [0, 0.1) is 0 Å². The summed E-state index contributed by atoms with van der Waals surface area (Å²) >= 11 is 0. The van der Waals surface area contributed by atoms with Crippen LogP contribution in [0.25, 0.3) is 0 Å². The Kier molecular flexibility index (Phi) is 7.41. The lowest BCUT2D eigenvalue weighted by Crippen LogP contribution is -2.22. The zero-order valence-corrected chi connectivity index (χ0v) is 15.2. The van der Waals surface area contributed by atoms with E-state index in [1.807, 2.05) is 12.1 Å². The predicted octanol–water partition coefficient (Wildman–Crippen LogP) is 2.67. The maximum absolute atomic E-state index is 11.4. The maximum Gasteiger partial charge on any atom is 0.224 e. The van der Waals surface area contributed by atoms with Crippen LogP contribution in [0.1, 0.15) is 5.56 Å². The van der Waals surface area contributed by atoms with Crippen molar-refractivity contribution in [3.05, 3.63) is 23.8 Å². The molecule has 0 spiro atoms. The second kappa shape index (κ2) is 8.80. The average Bonchev–Trinajstić information content (AvgIpc) is 2.46. The van der Waals surface area contributed by atoms with Crippen LogP contribution in [0.3, 0.4) is 0 Å². The fraction of sp³-hybridized carbons (Fsp3) is 0.562. The highest BCUT2D eigenvalue weighted by Gasteiger charge is 2.12. The molecule has 1 amide bonds. The molecular weight excluding hydrogens is 298 g/mol. The minimum absolute atomic E-state index is 0.0367. The van der Waals surface area contributed by atoms with E-state index in [9.17, 15) is 4.79 Å². The van der Waals surface area contributed by atoms with Crippen molar-refractivity contribution in [3.8, 4) is 11.5 Å². The van der Waals surface area contributed by atoms with Gasteiger partial charge in [-0.05, 0) is 23.7 Å². The number of amides is 1. The summed E-state index contributed by atoms with van der Waals surface area (Å²) in [6.07, 6.45) is 0.319. The molecular formula is C16H27NO4Si. The summed E-state index contributed by atoms with van der Waals surface area (Å²) in [4.78, 5) is 11.4. The van der Waals surface area contributed by atoms with Gasteiger partial charge in [0.25, 0.3) is 0 Å². The summed E-state index contributed by atoms with van der Waals surface area (Å²) in [5.74, 6) is 1.19. The molecule has 124 valence electrons. The Morgan fingerprint density at radius 3 is 2.55 bits per heavy atom. The van der Waals surface area contributed by atoms with E-state index in [0.29, 0.717) is 24.5 Å². The first-order valence-electron chi connectivity index (χ1n) is 7.44. The van der Waals surface area contributed by atoms with Crippen LogP contribution >= 0.6 is 0 Å². The number of methoxy groups -OCH3 is 1. The Labute approximate surface area is 134 Å². The Morgan fingerprint density at radius 2 is 1.95 bits per heavy atom. The summed E-state index contributed by atoms with van der Waals surface area (Å²) in [5.41, 5.74) is 0.878. The minimum atomic E-state index is -1.07. The molecule has 0 radical (unpaired) electrons. The first kappa shape index (κ1) is 18.5. The molecule has 1 aromatic carbocycles. The van der Waals surface area contributed by atoms with Crippen molar-refractivity contribution in [2.24, 2.45) is 0 Å². The van der Waals surface area contributed by atoms with Crippen molar-refractivity contribution < 1.29 is 19.0 Å². The lowest BCUT2D eigenvalue weighted by Gasteiger charge is -2.16. The van der Waals surface area contributed by atoms with Gasteiger partial charge in [-0.15, -0.1) is 0 Å². The normalized spacial score (nSPS) is 11.1. The second-order valence-electron chi connectivity index (χ2n) is 6.32. The van der Waals surface area contributed by atoms with Crippen molar-refractivity contribution in [2.45, 2.75) is 32.1 Å². The molecule has 0 atom stereocenters. The van der Waals surface area contributed by atoms with Crippen LogP contribution < -0.4 is 14.8 Å². The van der Waals surface area contributed by atoms with Crippen molar-refractivity contribution in [2.75, 3.05) is 27.6 Å². The highest BCUT2D eigenvalue weighted by atomic mass is 28.3. The largest absolute Gasteiger partial charge is 0.493 e. The van der Waals surface area contributed by atoms with E-state index in [4.69, 9.17) is 14.2 Å². The van der Waals surface area contributed by atoms with Gasteiger partial charge in [0, 0.05) is 21.7 Å². The SMILES string of the molecule is CNC(=O)Cc1ccc(OCOCC[Si](C)(C)C)c(OC)c1. The Bertz CT molecular complexity index is 486. The topological polar surface area (TPSA) is 56.8 Å². The summed E-state index contributed by atoms with van der Waals surface area (Å²) in [7, 11) is 2.13. The zero-order chi connectivity index (χ0) is 16.6. The molecule has 0 heterocycles. The molecule has 5 nitrogen and oxygen atoms in total. The van der Waals surface area contributed by atoms with Gasteiger partial charge in [0.2, 0.25) is 5.91 Å². The number of carbonyl (C=O) groups is 1. The molecule has 0 unspecified atom stereocenters. The molecule has 22 heavy (non-hydrogen) atoms. The quantitative estimate of drug-likeness (QED) is 0.431. The molecule has 0 aliphatic carbocycles. The monoisotopic (exact) mass is 325 g/mol. The van der Waals surface area contributed by atoms with Crippen LogP contribution in [0.15, 0.2) is 18.2 Å². The smallest absolute Gasteiger partial charge is 0.224 e. The predicted molar refractivity (Wildman–Crippen MR) is 90.4 cm³/mol. The van der Waals surface area contributed by atoms with Crippen LogP contribution in [0.4, 0.5) is 0 Å². The number of rotatable bonds is 9. The summed E-state index contributed by atoms with van der Waals surface area (Å²) in [6, 6.07) is 6.58. The van der Waals surface area contributed by atoms with Gasteiger partial charge in [-0.2, -0.15) is 0 Å². The Balaban J connectivity index is 2.51. The molecule has 0 fully saturated rings. The third-order valence-corrected chi connectivity index (χ3v) is 4.87. The molecule has 1 N–H and O–H groups in total. The van der Waals surface area contributed by atoms with E-state index in [1.54, 1.807) is 20.2 Å². The number of likely N-dealkylation sites (N-methyl/N-ethyl adjacent to an activating group) is 1. The highest BCUT2D eigenvalue weighted by Crippen LogP contribution is 2.28. The van der Waals surface area contributed by atoms with Gasteiger partial charge in [-0.25, -0.2) is 0 Å². The fourth-order valence-electron chi connectivity index (χ4n) is 1.76. The standard InChI is InChI=1S/C16H27NO4Si/c1-17-16(18)11-13-6-7-14(15(10-13)19-2)21-12-20-8-9-22(3,4)5/h6-7,10H,8-9,11-12H2,1-5H3,(H,17,18). The van der Waals surface area contributed by atoms with Crippen molar-refractivity contribution >= 4 is 14.0 Å². The molecule has 0 aliphatic heterocycles. The fourth-order valence-corrected chi connectivity index (χ4v) is 2.51. The minimum Gasteiger partial charge on any atom is -0.493 e. The van der Waals surface area contributed by atoms with Crippen LogP contribution in [-0.4, -0.2) is 41.5 Å². The van der Waals surface area contributed by atoms with Crippen molar-refractivity contribution in [3.63, 3.8) is 0 Å². The Hall–Kier alpha value is -1.53. The van der Waals surface area contributed by atoms with Gasteiger partial charge in [-0.3, -0.25) is 4.79 Å². The number of nitrogens with one attached hydrogen (secondary N) is 1. The number of ether oxygens (including phenoxy) is 3. The van der Waals surface area contributed by atoms with Crippen molar-refractivity contribution in [1.29, 1.82) is 0 Å². The summed E-state index contributed by atoms with van der Waals surface area (Å²) in [6.45, 7) is 7.85. The lowest BCUT2D eigenvalue weighted by atomic mass is 10.1. The molecule has 6 heteroatoms. The highest BCUT2D eigenvalue weighted by molar-refractivity contribution is 6.76. The zero-order valence-electron chi connectivity index (χ0n) is 14.2. The molecule has 1 rings (SSSR count). The van der Waals surface area contributed by atoms with Gasteiger partial charge >= 0.3 is 0 Å². The number of benzene rings is 1. The van der Waals surface area contributed by atoms with E-state index >= 15 is 0 Å². The number of hydrogen-bond acceptors (Lipinski definition) is 4. The van der Waals surface area contributed by atoms with E-state index < -0.39 is 8.07 Å². The molecule has 0 bridgehead atoms. The molecule has 0 aromatic heterocycles. The first-order chi connectivity index (χ1) is 10.4. The van der Waals surface area contributed by atoms with E-state index in [0.717, 1.165) is 11.6 Å². The summed E-state index contributed by atoms with van der Waals surface area (Å²) in [5, 5.41) is 2.60. The third kappa shape index (κ3) is 6.95. The van der Waals surface area contributed by atoms with Crippen LogP contribution in [0.2, 0.25) is 25.7 Å². The second-order valence-corrected chi connectivity index (χ2v) is 11.9. The van der Waals surface area contributed by atoms with E-state index in [2.05, 4.69) is 25.0 Å². The lowest BCUT2D eigenvalue weighted by molar-refractivity contribution is -0.119. The third-order valence-electron chi connectivity index (χ3n) is 3.17. The van der Waals surface area contributed by atoms with Gasteiger partial charge in [0.1, 0.15) is 0 Å². The maximum atomic E-state index is 11.4. The van der Waals surface area contributed by atoms with Crippen LogP contribution in [0.5, 0.6) is 11.5 Å². The first-order valence-corrected chi connectivity index (χ1v) is 11.1.